The molecule has 3 N–H and O–H groups in total. The number of methoxy groups -OCH3 is 1. The largest absolute Gasteiger partial charge is 0.497 e. The van der Waals surface area contributed by atoms with E-state index < -0.39 is 15.9 Å². The van der Waals surface area contributed by atoms with Crippen LogP contribution in [0.3, 0.4) is 0 Å². The number of carbonyl (C=O) groups excluding carboxylic acids is 1. The summed E-state index contributed by atoms with van der Waals surface area (Å²) in [5.74, 6) is 0.298. The number of benzene rings is 2. The molecule has 11 heteroatoms. The number of hydrogen-bond donors (Lipinski definition) is 3. The molecule has 0 aromatic heterocycles. The number of rotatable bonds is 7. The molecule has 2 aromatic rings. The molecule has 0 atom stereocenters. The second kappa shape index (κ2) is 11.2. The molecule has 1 fully saturated rings. The first-order valence-corrected chi connectivity index (χ1v) is 11.9. The number of nitrogens with zero attached hydrogens (tertiary/aromatic N) is 1. The van der Waals surface area contributed by atoms with E-state index in [1.165, 1.54) is 28.6 Å². The molecule has 1 amide bonds. The molecule has 1 aliphatic rings. The fraction of sp³-hybridized carbons (Fsp3) is 0.333. The summed E-state index contributed by atoms with van der Waals surface area (Å²) < 4.78 is 37.3. The van der Waals surface area contributed by atoms with Crippen molar-refractivity contribution in [3.8, 4) is 5.75 Å². The summed E-state index contributed by atoms with van der Waals surface area (Å²) in [6.45, 7) is 1.85. The van der Waals surface area contributed by atoms with E-state index in [2.05, 4.69) is 16.2 Å². The lowest BCUT2D eigenvalue weighted by Crippen LogP contribution is -2.47. The van der Waals surface area contributed by atoms with E-state index in [0.717, 1.165) is 17.7 Å². The Morgan fingerprint density at radius 2 is 1.84 bits per heavy atom. The maximum atomic E-state index is 12.8. The molecule has 9 nitrogen and oxygen atoms in total. The van der Waals surface area contributed by atoms with E-state index >= 15 is 0 Å². The number of carbonyl (C=O) groups is 1. The number of amides is 1. The summed E-state index contributed by atoms with van der Waals surface area (Å²) in [6.07, 6.45) is 0.737. The van der Waals surface area contributed by atoms with E-state index in [-0.39, 0.29) is 28.7 Å². The van der Waals surface area contributed by atoms with Crippen LogP contribution in [0.4, 0.5) is 0 Å². The van der Waals surface area contributed by atoms with Crippen LogP contribution in [-0.4, -0.2) is 63.7 Å². The Labute approximate surface area is 193 Å². The molecule has 0 saturated carbocycles. The molecule has 0 radical (unpaired) electrons. The van der Waals surface area contributed by atoms with Crippen LogP contribution in [-0.2, 0) is 21.2 Å². The second-order valence-electron chi connectivity index (χ2n) is 6.98. The van der Waals surface area contributed by atoms with Gasteiger partial charge in [0.1, 0.15) is 5.75 Å². The Balaban J connectivity index is 1.49. The number of sulfonamides is 1. The predicted molar refractivity (Wildman–Crippen MR) is 124 cm³/mol. The van der Waals surface area contributed by atoms with Crippen molar-refractivity contribution < 1.29 is 22.7 Å². The van der Waals surface area contributed by atoms with Crippen LogP contribution in [0.25, 0.3) is 0 Å². The van der Waals surface area contributed by atoms with E-state index in [0.29, 0.717) is 19.8 Å². The Morgan fingerprint density at radius 1 is 1.12 bits per heavy atom. The number of thiocarbonyl (C=S) groups is 1. The minimum atomic E-state index is -3.69. The highest BCUT2D eigenvalue weighted by Gasteiger charge is 2.26. The summed E-state index contributed by atoms with van der Waals surface area (Å²) in [6, 6.07) is 13.6. The molecule has 0 aliphatic carbocycles. The summed E-state index contributed by atoms with van der Waals surface area (Å²) in [4.78, 5) is 12.5. The lowest BCUT2D eigenvalue weighted by Gasteiger charge is -2.26. The third-order valence-electron chi connectivity index (χ3n) is 4.85. The predicted octanol–water partition coefficient (Wildman–Crippen LogP) is 1.07. The lowest BCUT2D eigenvalue weighted by atomic mass is 10.1. The van der Waals surface area contributed by atoms with Crippen LogP contribution in [0.5, 0.6) is 5.75 Å². The molecule has 0 bridgehead atoms. The average molecular weight is 479 g/mol. The van der Waals surface area contributed by atoms with Crippen LogP contribution in [0.2, 0.25) is 0 Å². The highest BCUT2D eigenvalue weighted by molar-refractivity contribution is 7.89. The van der Waals surface area contributed by atoms with Gasteiger partial charge in [-0.1, -0.05) is 18.2 Å². The molecular formula is C21H26N4O5S2. The summed E-state index contributed by atoms with van der Waals surface area (Å²) in [7, 11) is -2.07. The molecule has 1 aliphatic heterocycles. The van der Waals surface area contributed by atoms with Crippen LogP contribution >= 0.6 is 12.2 Å². The summed E-state index contributed by atoms with van der Waals surface area (Å²) in [5, 5.41) is 3.26. The van der Waals surface area contributed by atoms with E-state index in [1.54, 1.807) is 7.11 Å². The third-order valence-corrected chi connectivity index (χ3v) is 6.99. The van der Waals surface area contributed by atoms with Gasteiger partial charge in [0.15, 0.2) is 5.11 Å². The fourth-order valence-corrected chi connectivity index (χ4v) is 4.68. The first-order chi connectivity index (χ1) is 15.4. The van der Waals surface area contributed by atoms with Gasteiger partial charge in [-0.05, 0) is 54.5 Å². The van der Waals surface area contributed by atoms with Crippen molar-refractivity contribution in [2.45, 2.75) is 11.3 Å². The molecule has 172 valence electrons. The topological polar surface area (TPSA) is 109 Å². The zero-order chi connectivity index (χ0) is 23.0. The number of nitrogens with one attached hydrogen (secondary N) is 3. The van der Waals surface area contributed by atoms with E-state index in [1.807, 2.05) is 24.3 Å². The first-order valence-electron chi connectivity index (χ1n) is 10.1. The molecular weight excluding hydrogens is 452 g/mol. The second-order valence-corrected chi connectivity index (χ2v) is 9.32. The lowest BCUT2D eigenvalue weighted by molar-refractivity contribution is 0.0730. The molecule has 1 saturated heterocycles. The van der Waals surface area contributed by atoms with Gasteiger partial charge < -0.3 is 14.8 Å². The van der Waals surface area contributed by atoms with Crippen molar-refractivity contribution in [3.63, 3.8) is 0 Å². The Bertz CT molecular complexity index is 1040. The maximum Gasteiger partial charge on any atom is 0.269 e. The number of hydrogen-bond acceptors (Lipinski definition) is 6. The van der Waals surface area contributed by atoms with Gasteiger partial charge in [-0.3, -0.25) is 15.6 Å². The van der Waals surface area contributed by atoms with Crippen molar-refractivity contribution in [2.24, 2.45) is 0 Å². The van der Waals surface area contributed by atoms with Gasteiger partial charge in [-0.2, -0.15) is 4.31 Å². The van der Waals surface area contributed by atoms with Gasteiger partial charge in [0.25, 0.3) is 5.91 Å². The van der Waals surface area contributed by atoms with E-state index in [9.17, 15) is 13.2 Å². The number of morpholine rings is 1. The molecule has 0 spiro atoms. The van der Waals surface area contributed by atoms with Crippen molar-refractivity contribution >= 4 is 33.3 Å². The highest BCUT2D eigenvalue weighted by atomic mass is 32.2. The smallest absolute Gasteiger partial charge is 0.269 e. The van der Waals surface area contributed by atoms with Crippen LogP contribution < -0.4 is 20.9 Å². The van der Waals surface area contributed by atoms with Gasteiger partial charge >= 0.3 is 0 Å². The van der Waals surface area contributed by atoms with Crippen molar-refractivity contribution in [3.05, 3.63) is 59.7 Å². The number of ether oxygens (including phenoxy) is 2. The summed E-state index contributed by atoms with van der Waals surface area (Å²) in [5.41, 5.74) is 6.43. The minimum absolute atomic E-state index is 0.0623. The Kier molecular flexibility index (Phi) is 8.39. The van der Waals surface area contributed by atoms with Gasteiger partial charge in [-0.15, -0.1) is 0 Å². The quantitative estimate of drug-likeness (QED) is 0.401. The minimum Gasteiger partial charge on any atom is -0.497 e. The molecule has 2 aromatic carbocycles. The summed E-state index contributed by atoms with van der Waals surface area (Å²) >= 11 is 5.18. The van der Waals surface area contributed by atoms with Gasteiger partial charge in [0.05, 0.1) is 25.2 Å². The highest BCUT2D eigenvalue weighted by Crippen LogP contribution is 2.18. The first kappa shape index (κ1) is 23.9. The fourth-order valence-electron chi connectivity index (χ4n) is 3.08. The Hall–Kier alpha value is -2.73. The van der Waals surface area contributed by atoms with E-state index in [4.69, 9.17) is 21.7 Å². The zero-order valence-corrected chi connectivity index (χ0v) is 19.3. The molecule has 32 heavy (non-hydrogen) atoms. The molecule has 3 rings (SSSR count). The Morgan fingerprint density at radius 3 is 2.53 bits per heavy atom. The average Bonchev–Trinajstić information content (AvgIpc) is 2.83. The van der Waals surface area contributed by atoms with Crippen LogP contribution in [0.15, 0.2) is 53.4 Å². The monoisotopic (exact) mass is 478 g/mol. The molecule has 1 heterocycles. The van der Waals surface area contributed by atoms with Crippen molar-refractivity contribution in [1.29, 1.82) is 0 Å². The normalized spacial score (nSPS) is 14.4. The SMILES string of the molecule is COc1ccc(CCNC(=S)NNC(=O)c2cccc(S(=O)(=O)N3CCOCC3)c2)cc1. The van der Waals surface area contributed by atoms with Gasteiger partial charge in [0.2, 0.25) is 10.0 Å². The van der Waals surface area contributed by atoms with Crippen LogP contribution in [0.1, 0.15) is 15.9 Å². The van der Waals surface area contributed by atoms with Crippen molar-refractivity contribution in [2.75, 3.05) is 40.0 Å². The van der Waals surface area contributed by atoms with Gasteiger partial charge in [-0.25, -0.2) is 8.42 Å². The number of hydrazine groups is 1. The third kappa shape index (κ3) is 6.39. The standard InChI is InChI=1S/C21H26N4O5S2/c1-29-18-7-5-16(6-8-18)9-10-22-21(31)24-23-20(26)17-3-2-4-19(15-17)32(27,28)25-11-13-30-14-12-25/h2-8,15H,9-14H2,1H3,(H,23,26)(H2,22,24,31). The van der Waals surface area contributed by atoms with Crippen molar-refractivity contribution in [1.82, 2.24) is 20.5 Å². The van der Waals surface area contributed by atoms with Crippen LogP contribution in [0, 0.1) is 0 Å². The molecule has 0 unspecified atom stereocenters. The van der Waals surface area contributed by atoms with Gasteiger partial charge in [0, 0.05) is 25.2 Å². The maximum absolute atomic E-state index is 12.8. The zero-order valence-electron chi connectivity index (χ0n) is 17.7.